The minimum Gasteiger partial charge on any atom is -0.478 e. The molecule has 14 heavy (non-hydrogen) atoms. The lowest BCUT2D eigenvalue weighted by atomic mass is 10.3. The highest BCUT2D eigenvalue weighted by Gasteiger charge is 2.20. The van der Waals surface area contributed by atoms with Crippen LogP contribution >= 0.6 is 11.6 Å². The smallest absolute Gasteiger partial charge is 0.218 e. The maximum atomic E-state index is 5.77. The second-order valence-electron chi connectivity index (χ2n) is 3.66. The van der Waals surface area contributed by atoms with E-state index in [0.29, 0.717) is 16.9 Å². The predicted molar refractivity (Wildman–Crippen MR) is 54.6 cm³/mol. The van der Waals surface area contributed by atoms with Crippen molar-refractivity contribution in [3.63, 3.8) is 0 Å². The number of hydrogen-bond acceptors (Lipinski definition) is 3. The molecule has 1 saturated carbocycles. The monoisotopic (exact) mass is 212 g/mol. The van der Waals surface area contributed by atoms with Crippen LogP contribution < -0.4 is 4.74 Å². The van der Waals surface area contributed by atoms with Gasteiger partial charge >= 0.3 is 0 Å². The summed E-state index contributed by atoms with van der Waals surface area (Å²) in [7, 11) is 0. The van der Waals surface area contributed by atoms with Gasteiger partial charge in [-0.05, 0) is 19.3 Å². The normalized spacial score (nSPS) is 15.6. The third kappa shape index (κ3) is 2.84. The van der Waals surface area contributed by atoms with Gasteiger partial charge in [0.05, 0.1) is 6.61 Å². The quantitative estimate of drug-likeness (QED) is 0.720. The third-order valence-corrected chi connectivity index (χ3v) is 2.45. The van der Waals surface area contributed by atoms with Gasteiger partial charge in [0.15, 0.2) is 0 Å². The predicted octanol–water partition coefficient (Wildman–Crippen LogP) is 2.62. The van der Waals surface area contributed by atoms with Gasteiger partial charge in [-0.2, -0.15) is 4.98 Å². The van der Waals surface area contributed by atoms with E-state index in [1.807, 2.05) is 0 Å². The standard InChI is InChI=1S/C10H13ClN2O/c1-7-12-9(11)6-10(13-7)14-5-4-8-2-3-8/h6,8H,2-5H2,1H3. The maximum Gasteiger partial charge on any atom is 0.218 e. The molecule has 0 bridgehead atoms. The van der Waals surface area contributed by atoms with E-state index in [-0.39, 0.29) is 0 Å². The molecule has 1 aromatic heterocycles. The van der Waals surface area contributed by atoms with Gasteiger partial charge in [-0.15, -0.1) is 0 Å². The van der Waals surface area contributed by atoms with E-state index in [1.165, 1.54) is 12.8 Å². The molecule has 0 saturated heterocycles. The molecule has 2 rings (SSSR count). The first-order valence-electron chi connectivity index (χ1n) is 4.88. The topological polar surface area (TPSA) is 35.0 Å². The molecule has 76 valence electrons. The number of aromatic nitrogens is 2. The largest absolute Gasteiger partial charge is 0.478 e. The van der Waals surface area contributed by atoms with Crippen molar-refractivity contribution < 1.29 is 4.74 Å². The molecule has 1 fully saturated rings. The van der Waals surface area contributed by atoms with E-state index in [1.54, 1.807) is 13.0 Å². The summed E-state index contributed by atoms with van der Waals surface area (Å²) in [6, 6.07) is 1.65. The van der Waals surface area contributed by atoms with Crippen LogP contribution in [0.2, 0.25) is 5.15 Å². The number of rotatable bonds is 4. The molecule has 0 amide bonds. The summed E-state index contributed by atoms with van der Waals surface area (Å²) in [5.41, 5.74) is 0. The molecule has 4 heteroatoms. The van der Waals surface area contributed by atoms with Gasteiger partial charge in [0, 0.05) is 6.07 Å². The Balaban J connectivity index is 1.87. The van der Waals surface area contributed by atoms with E-state index in [2.05, 4.69) is 9.97 Å². The van der Waals surface area contributed by atoms with Crippen molar-refractivity contribution in [2.24, 2.45) is 5.92 Å². The molecule has 3 nitrogen and oxygen atoms in total. The van der Waals surface area contributed by atoms with Crippen LogP contribution in [-0.4, -0.2) is 16.6 Å². The van der Waals surface area contributed by atoms with Gasteiger partial charge in [0.25, 0.3) is 0 Å². The maximum absolute atomic E-state index is 5.77. The Morgan fingerprint density at radius 1 is 1.50 bits per heavy atom. The Bertz CT molecular complexity index is 306. The average molecular weight is 213 g/mol. The molecule has 0 aliphatic heterocycles. The Kier molecular flexibility index (Phi) is 2.87. The molecule has 1 heterocycles. The minimum absolute atomic E-state index is 0.443. The fraction of sp³-hybridized carbons (Fsp3) is 0.600. The summed E-state index contributed by atoms with van der Waals surface area (Å²) >= 11 is 5.77. The molecule has 1 aliphatic carbocycles. The van der Waals surface area contributed by atoms with Crippen LogP contribution in [0.1, 0.15) is 25.1 Å². The summed E-state index contributed by atoms with van der Waals surface area (Å²) in [6.45, 7) is 2.54. The van der Waals surface area contributed by atoms with Crippen LogP contribution in [0, 0.1) is 12.8 Å². The van der Waals surface area contributed by atoms with E-state index >= 15 is 0 Å². The molecule has 0 radical (unpaired) electrons. The Labute approximate surface area is 88.5 Å². The van der Waals surface area contributed by atoms with E-state index in [0.717, 1.165) is 18.9 Å². The fourth-order valence-electron chi connectivity index (χ4n) is 1.32. The molecule has 0 N–H and O–H groups in total. The summed E-state index contributed by atoms with van der Waals surface area (Å²) in [4.78, 5) is 8.10. The summed E-state index contributed by atoms with van der Waals surface area (Å²) in [6.07, 6.45) is 3.83. The summed E-state index contributed by atoms with van der Waals surface area (Å²) in [5.74, 6) is 2.12. The lowest BCUT2D eigenvalue weighted by molar-refractivity contribution is 0.290. The molecule has 0 unspecified atom stereocenters. The van der Waals surface area contributed by atoms with Crippen molar-refractivity contribution in [1.82, 2.24) is 9.97 Å². The van der Waals surface area contributed by atoms with E-state index < -0.39 is 0 Å². The van der Waals surface area contributed by atoms with Gasteiger partial charge in [-0.3, -0.25) is 0 Å². The van der Waals surface area contributed by atoms with Crippen molar-refractivity contribution in [2.75, 3.05) is 6.61 Å². The van der Waals surface area contributed by atoms with Crippen molar-refractivity contribution in [3.05, 3.63) is 17.0 Å². The van der Waals surface area contributed by atoms with Crippen molar-refractivity contribution >= 4 is 11.6 Å². The minimum atomic E-state index is 0.443. The number of halogens is 1. The Hall–Kier alpha value is -0.830. The van der Waals surface area contributed by atoms with Crippen LogP contribution in [-0.2, 0) is 0 Å². The lowest BCUT2D eigenvalue weighted by Crippen LogP contribution is -2.01. The van der Waals surface area contributed by atoms with Gasteiger partial charge in [0.1, 0.15) is 11.0 Å². The van der Waals surface area contributed by atoms with Gasteiger partial charge < -0.3 is 4.74 Å². The number of aryl methyl sites for hydroxylation is 1. The second kappa shape index (κ2) is 4.13. The molecule has 0 atom stereocenters. The molecular weight excluding hydrogens is 200 g/mol. The first-order chi connectivity index (χ1) is 6.74. The number of nitrogens with zero attached hydrogens (tertiary/aromatic N) is 2. The summed E-state index contributed by atoms with van der Waals surface area (Å²) < 4.78 is 5.48. The first-order valence-corrected chi connectivity index (χ1v) is 5.26. The van der Waals surface area contributed by atoms with Crippen LogP contribution in [0.4, 0.5) is 0 Å². The molecule has 1 aliphatic rings. The Morgan fingerprint density at radius 2 is 2.29 bits per heavy atom. The lowest BCUT2D eigenvalue weighted by Gasteiger charge is -2.04. The number of hydrogen-bond donors (Lipinski definition) is 0. The highest BCUT2D eigenvalue weighted by Crippen LogP contribution is 2.32. The fourth-order valence-corrected chi connectivity index (χ4v) is 1.53. The zero-order chi connectivity index (χ0) is 9.97. The van der Waals surface area contributed by atoms with Gasteiger partial charge in [-0.25, -0.2) is 4.98 Å². The average Bonchev–Trinajstić information content (AvgIpc) is 2.86. The first kappa shape index (κ1) is 9.71. The molecule has 0 aromatic carbocycles. The van der Waals surface area contributed by atoms with Crippen LogP contribution in [0.3, 0.4) is 0 Å². The second-order valence-corrected chi connectivity index (χ2v) is 4.04. The SMILES string of the molecule is Cc1nc(Cl)cc(OCCC2CC2)n1. The highest BCUT2D eigenvalue weighted by molar-refractivity contribution is 6.29. The summed E-state index contributed by atoms with van der Waals surface area (Å²) in [5, 5.41) is 0.443. The van der Waals surface area contributed by atoms with Crippen molar-refractivity contribution in [2.45, 2.75) is 26.2 Å². The zero-order valence-electron chi connectivity index (χ0n) is 8.16. The Morgan fingerprint density at radius 3 is 2.93 bits per heavy atom. The number of ether oxygens (including phenoxy) is 1. The van der Waals surface area contributed by atoms with Crippen LogP contribution in [0.15, 0.2) is 6.07 Å². The van der Waals surface area contributed by atoms with Gasteiger partial charge in [0.2, 0.25) is 5.88 Å². The molecular formula is C10H13ClN2O. The van der Waals surface area contributed by atoms with Crippen molar-refractivity contribution in [3.8, 4) is 5.88 Å². The third-order valence-electron chi connectivity index (χ3n) is 2.26. The molecule has 0 spiro atoms. The van der Waals surface area contributed by atoms with Crippen LogP contribution in [0.25, 0.3) is 0 Å². The van der Waals surface area contributed by atoms with Gasteiger partial charge in [-0.1, -0.05) is 24.4 Å². The van der Waals surface area contributed by atoms with Crippen molar-refractivity contribution in [1.29, 1.82) is 0 Å². The highest BCUT2D eigenvalue weighted by atomic mass is 35.5. The molecule has 1 aromatic rings. The van der Waals surface area contributed by atoms with E-state index in [4.69, 9.17) is 16.3 Å². The zero-order valence-corrected chi connectivity index (χ0v) is 8.92. The van der Waals surface area contributed by atoms with Crippen LogP contribution in [0.5, 0.6) is 5.88 Å². The van der Waals surface area contributed by atoms with E-state index in [9.17, 15) is 0 Å².